The first-order chi connectivity index (χ1) is 5.74. The van der Waals surface area contributed by atoms with Gasteiger partial charge in [-0.15, -0.1) is 0 Å². The molecule has 0 aliphatic carbocycles. The lowest BCUT2D eigenvalue weighted by Crippen LogP contribution is -2.48. The summed E-state index contributed by atoms with van der Waals surface area (Å²) in [4.78, 5) is 0. The van der Waals surface area contributed by atoms with Crippen molar-refractivity contribution < 1.29 is 17.7 Å². The highest BCUT2D eigenvalue weighted by atomic mass is 28.4. The van der Waals surface area contributed by atoms with Crippen LogP contribution in [0, 0.1) is 0 Å². The molecular formula is C6H17NO4Si. The van der Waals surface area contributed by atoms with Gasteiger partial charge in [-0.25, -0.2) is 0 Å². The van der Waals surface area contributed by atoms with Crippen molar-refractivity contribution in [1.29, 1.82) is 0 Å². The predicted molar refractivity (Wildman–Crippen MR) is 46.2 cm³/mol. The third-order valence-electron chi connectivity index (χ3n) is 1.24. The molecule has 0 rings (SSSR count). The van der Waals surface area contributed by atoms with Crippen LogP contribution in [0.4, 0.5) is 0 Å². The van der Waals surface area contributed by atoms with E-state index in [2.05, 4.69) is 0 Å². The molecule has 0 bridgehead atoms. The van der Waals surface area contributed by atoms with Crippen LogP contribution in [0.15, 0.2) is 0 Å². The highest BCUT2D eigenvalue weighted by Crippen LogP contribution is 2.08. The molecule has 0 aliphatic heterocycles. The van der Waals surface area contributed by atoms with E-state index in [-0.39, 0.29) is 6.73 Å². The molecule has 0 aromatic heterocycles. The van der Waals surface area contributed by atoms with Crippen LogP contribution in [0.5, 0.6) is 0 Å². The van der Waals surface area contributed by atoms with Gasteiger partial charge in [0.25, 0.3) is 0 Å². The summed E-state index contributed by atoms with van der Waals surface area (Å²) in [5.41, 5.74) is 5.21. The van der Waals surface area contributed by atoms with Crippen molar-refractivity contribution in [1.82, 2.24) is 0 Å². The van der Waals surface area contributed by atoms with Crippen LogP contribution in [0.1, 0.15) is 13.3 Å². The molecule has 0 unspecified atom stereocenters. The highest BCUT2D eigenvalue weighted by molar-refractivity contribution is 6.53. The van der Waals surface area contributed by atoms with Crippen LogP contribution in [0.2, 0.25) is 0 Å². The molecular weight excluding hydrogens is 178 g/mol. The van der Waals surface area contributed by atoms with Crippen molar-refractivity contribution in [2.45, 2.75) is 13.3 Å². The van der Waals surface area contributed by atoms with Gasteiger partial charge in [0.1, 0.15) is 0 Å². The van der Waals surface area contributed by atoms with Crippen molar-refractivity contribution in [3.05, 3.63) is 0 Å². The number of hydrogen-bond acceptors (Lipinski definition) is 5. The lowest BCUT2D eigenvalue weighted by atomic mass is 10.5. The Morgan fingerprint density at radius 3 is 2.08 bits per heavy atom. The van der Waals surface area contributed by atoms with Gasteiger partial charge < -0.3 is 23.4 Å². The smallest absolute Gasteiger partial charge is 0.355 e. The summed E-state index contributed by atoms with van der Waals surface area (Å²) in [5, 5.41) is 0. The average Bonchev–Trinajstić information content (AvgIpc) is 2.13. The molecule has 12 heavy (non-hydrogen) atoms. The van der Waals surface area contributed by atoms with E-state index in [1.54, 1.807) is 0 Å². The second kappa shape index (κ2) is 6.52. The van der Waals surface area contributed by atoms with Crippen LogP contribution >= 0.6 is 0 Å². The summed E-state index contributed by atoms with van der Waals surface area (Å²) in [5.74, 6) is 0. The molecule has 2 N–H and O–H groups in total. The molecule has 0 saturated heterocycles. The molecule has 0 spiro atoms. The molecule has 0 aromatic carbocycles. The van der Waals surface area contributed by atoms with Gasteiger partial charge in [0.15, 0.2) is 0 Å². The van der Waals surface area contributed by atoms with Crippen LogP contribution in [0.3, 0.4) is 0 Å². The first-order valence-corrected chi connectivity index (χ1v) is 5.46. The van der Waals surface area contributed by atoms with Crippen LogP contribution < -0.4 is 5.73 Å². The summed E-state index contributed by atoms with van der Waals surface area (Å²) in [7, 11) is 0.0849. The van der Waals surface area contributed by atoms with E-state index in [1.165, 1.54) is 14.2 Å². The fourth-order valence-electron chi connectivity index (χ4n) is 0.690. The summed E-state index contributed by atoms with van der Waals surface area (Å²) in [6.45, 7) is 2.58. The van der Waals surface area contributed by atoms with Gasteiger partial charge in [0.2, 0.25) is 0 Å². The molecule has 0 amide bonds. The molecule has 0 aliphatic rings. The topological polar surface area (TPSA) is 62.9 Å². The maximum Gasteiger partial charge on any atom is 0.680 e. The maximum absolute atomic E-state index is 5.31. The minimum Gasteiger partial charge on any atom is -0.355 e. The predicted octanol–water partition coefficient (Wildman–Crippen LogP) is 0.0742. The molecule has 0 saturated carbocycles. The lowest BCUT2D eigenvalue weighted by Gasteiger charge is -2.23. The summed E-state index contributed by atoms with van der Waals surface area (Å²) in [6, 6.07) is 0. The Kier molecular flexibility index (Phi) is 6.53. The zero-order valence-corrected chi connectivity index (χ0v) is 8.83. The van der Waals surface area contributed by atoms with E-state index in [4.69, 9.17) is 23.4 Å². The van der Waals surface area contributed by atoms with E-state index < -0.39 is 9.05 Å². The Balaban J connectivity index is 3.95. The highest BCUT2D eigenvalue weighted by Gasteiger charge is 2.42. The zero-order chi connectivity index (χ0) is 9.45. The fraction of sp³-hybridized carbons (Fsp3) is 1.00. The van der Waals surface area contributed by atoms with Gasteiger partial charge in [0, 0.05) is 20.8 Å². The molecule has 5 nitrogen and oxygen atoms in total. The van der Waals surface area contributed by atoms with E-state index in [9.17, 15) is 0 Å². The number of nitrogens with two attached hydrogens (primary N) is 1. The second-order valence-corrected chi connectivity index (χ2v) is 4.46. The number of rotatable bonds is 7. The van der Waals surface area contributed by atoms with Crippen molar-refractivity contribution in [3.63, 3.8) is 0 Å². The fourth-order valence-corrected chi connectivity index (χ4v) is 2.07. The third-order valence-corrected chi connectivity index (χ3v) is 3.32. The Morgan fingerprint density at radius 1 is 1.17 bits per heavy atom. The van der Waals surface area contributed by atoms with Crippen molar-refractivity contribution in [3.8, 4) is 0 Å². The molecule has 0 aromatic rings. The van der Waals surface area contributed by atoms with Crippen molar-refractivity contribution in [2.24, 2.45) is 5.73 Å². The largest absolute Gasteiger partial charge is 0.680 e. The number of hydrogen-bond donors (Lipinski definition) is 1. The van der Waals surface area contributed by atoms with Gasteiger partial charge in [-0.1, -0.05) is 6.92 Å². The lowest BCUT2D eigenvalue weighted by molar-refractivity contribution is -0.00736. The summed E-state index contributed by atoms with van der Waals surface area (Å²) >= 11 is 0. The van der Waals surface area contributed by atoms with Gasteiger partial charge in [0.05, 0.1) is 6.73 Å². The monoisotopic (exact) mass is 195 g/mol. The van der Waals surface area contributed by atoms with Crippen molar-refractivity contribution >= 4 is 9.05 Å². The van der Waals surface area contributed by atoms with Gasteiger partial charge >= 0.3 is 9.05 Å². The van der Waals surface area contributed by atoms with Crippen LogP contribution in [-0.4, -0.2) is 36.6 Å². The minimum absolute atomic E-state index is 0.0393. The van der Waals surface area contributed by atoms with Crippen molar-refractivity contribution in [2.75, 3.05) is 27.6 Å². The average molecular weight is 195 g/mol. The Morgan fingerprint density at radius 2 is 1.75 bits per heavy atom. The summed E-state index contributed by atoms with van der Waals surface area (Å²) in [6.07, 6.45) is 0.884. The summed E-state index contributed by atoms with van der Waals surface area (Å²) < 4.78 is 20.4. The molecule has 0 fully saturated rings. The first-order valence-electron chi connectivity index (χ1n) is 3.83. The Bertz CT molecular complexity index is 110. The van der Waals surface area contributed by atoms with Crippen LogP contribution in [0.25, 0.3) is 0 Å². The Hall–Kier alpha value is 0.0169. The van der Waals surface area contributed by atoms with E-state index in [0.29, 0.717) is 6.61 Å². The zero-order valence-electron chi connectivity index (χ0n) is 7.83. The van der Waals surface area contributed by atoms with E-state index >= 15 is 0 Å². The molecule has 0 radical (unpaired) electrons. The molecule has 74 valence electrons. The Labute approximate surface area is 74.2 Å². The third kappa shape index (κ3) is 3.61. The maximum atomic E-state index is 5.31. The van der Waals surface area contributed by atoms with E-state index in [0.717, 1.165) is 6.42 Å². The standard InChI is InChI=1S/C6H17NO4Si/c1-4-5-10-12(8-2,9-3)11-6-7/h4-7H2,1-3H3. The van der Waals surface area contributed by atoms with Gasteiger partial charge in [-0.2, -0.15) is 0 Å². The van der Waals surface area contributed by atoms with Gasteiger partial charge in [-0.05, 0) is 6.42 Å². The SMILES string of the molecule is CCCO[Si](OC)(OC)OCN. The van der Waals surface area contributed by atoms with E-state index in [1.807, 2.05) is 6.92 Å². The normalized spacial score (nSPS) is 12.0. The first kappa shape index (κ1) is 12.0. The van der Waals surface area contributed by atoms with Gasteiger partial charge in [-0.3, -0.25) is 0 Å². The molecule has 0 heterocycles. The second-order valence-electron chi connectivity index (χ2n) is 2.07. The quantitative estimate of drug-likeness (QED) is 0.460. The molecule has 0 atom stereocenters. The molecule has 6 heteroatoms. The minimum atomic E-state index is -2.89. The van der Waals surface area contributed by atoms with Crippen LogP contribution in [-0.2, 0) is 17.7 Å².